The molecule has 0 radical (unpaired) electrons. The van der Waals surface area contributed by atoms with E-state index in [-0.39, 0.29) is 13.1 Å². The van der Waals surface area contributed by atoms with Gasteiger partial charge in [-0.3, -0.25) is 4.79 Å². The standard InChI is InChI=1S/C15H28N2O5/c1-14(2,3)21-12(19)9-8-17(10(7-16)11(9)18)13(20)22-15(4,5)6/h9-11,18H,7-8,16H2,1-6H3/t9-,10+,11-/m1/s1. The Morgan fingerprint density at radius 3 is 2.05 bits per heavy atom. The largest absolute Gasteiger partial charge is 0.460 e. The van der Waals surface area contributed by atoms with E-state index < -0.39 is 41.3 Å². The first-order valence-electron chi connectivity index (χ1n) is 7.46. The maximum absolute atomic E-state index is 12.2. The summed E-state index contributed by atoms with van der Waals surface area (Å²) in [6.45, 7) is 10.6. The van der Waals surface area contributed by atoms with Crippen LogP contribution in [0.25, 0.3) is 0 Å². The molecule has 1 aliphatic rings. The minimum absolute atomic E-state index is 0.0346. The number of hydrogen-bond donors (Lipinski definition) is 2. The van der Waals surface area contributed by atoms with Gasteiger partial charge in [0.15, 0.2) is 0 Å². The molecule has 0 saturated carbocycles. The Balaban J connectivity index is 2.86. The topological polar surface area (TPSA) is 102 Å². The molecule has 0 bridgehead atoms. The maximum atomic E-state index is 12.2. The highest BCUT2D eigenvalue weighted by Gasteiger charge is 2.48. The van der Waals surface area contributed by atoms with Crippen molar-refractivity contribution >= 4 is 12.1 Å². The zero-order chi connectivity index (χ0) is 17.3. The highest BCUT2D eigenvalue weighted by molar-refractivity contribution is 5.77. The zero-order valence-electron chi connectivity index (χ0n) is 14.3. The second-order valence-corrected chi connectivity index (χ2v) is 7.57. The van der Waals surface area contributed by atoms with Crippen LogP contribution in [-0.2, 0) is 14.3 Å². The fourth-order valence-corrected chi connectivity index (χ4v) is 2.30. The molecule has 0 aliphatic carbocycles. The van der Waals surface area contributed by atoms with Gasteiger partial charge >= 0.3 is 12.1 Å². The van der Waals surface area contributed by atoms with Crippen LogP contribution >= 0.6 is 0 Å². The fourth-order valence-electron chi connectivity index (χ4n) is 2.30. The summed E-state index contributed by atoms with van der Waals surface area (Å²) in [6, 6.07) is -0.660. The van der Waals surface area contributed by atoms with Crippen LogP contribution in [0.15, 0.2) is 0 Å². The van der Waals surface area contributed by atoms with Gasteiger partial charge in [-0.15, -0.1) is 0 Å². The van der Waals surface area contributed by atoms with Crippen LogP contribution in [0.2, 0.25) is 0 Å². The molecule has 3 N–H and O–H groups in total. The van der Waals surface area contributed by atoms with E-state index in [1.54, 1.807) is 41.5 Å². The second kappa shape index (κ2) is 6.42. The number of aliphatic hydroxyl groups excluding tert-OH is 1. The average Bonchev–Trinajstić information content (AvgIpc) is 2.61. The van der Waals surface area contributed by atoms with E-state index in [9.17, 15) is 14.7 Å². The Bertz CT molecular complexity index is 425. The van der Waals surface area contributed by atoms with Gasteiger partial charge in [0.1, 0.15) is 17.1 Å². The number of nitrogens with zero attached hydrogens (tertiary/aromatic N) is 1. The van der Waals surface area contributed by atoms with Gasteiger partial charge in [0.2, 0.25) is 0 Å². The first-order chi connectivity index (χ1) is 9.85. The summed E-state index contributed by atoms with van der Waals surface area (Å²) in [4.78, 5) is 25.7. The van der Waals surface area contributed by atoms with Gasteiger partial charge in [-0.05, 0) is 41.5 Å². The van der Waals surface area contributed by atoms with E-state index in [1.807, 2.05) is 0 Å². The molecular formula is C15H28N2O5. The lowest BCUT2D eigenvalue weighted by atomic mass is 10.0. The van der Waals surface area contributed by atoms with Crippen molar-refractivity contribution < 1.29 is 24.2 Å². The monoisotopic (exact) mass is 316 g/mol. The van der Waals surface area contributed by atoms with Crippen molar-refractivity contribution in [1.29, 1.82) is 0 Å². The number of carbonyl (C=O) groups excluding carboxylic acids is 2. The molecule has 1 fully saturated rings. The number of nitrogens with two attached hydrogens (primary N) is 1. The molecule has 0 spiro atoms. The van der Waals surface area contributed by atoms with Crippen LogP contribution in [0.3, 0.4) is 0 Å². The SMILES string of the molecule is CC(C)(C)OC(=O)[C@@H]1CN(C(=O)OC(C)(C)C)[C@@H](CN)[C@@H]1O. The van der Waals surface area contributed by atoms with Crippen molar-refractivity contribution in [3.05, 3.63) is 0 Å². The van der Waals surface area contributed by atoms with Crippen molar-refractivity contribution in [2.24, 2.45) is 11.7 Å². The maximum Gasteiger partial charge on any atom is 0.410 e. The lowest BCUT2D eigenvalue weighted by Crippen LogP contribution is -2.46. The molecule has 1 heterocycles. The number of hydrogen-bond acceptors (Lipinski definition) is 6. The molecule has 22 heavy (non-hydrogen) atoms. The van der Waals surface area contributed by atoms with Crippen LogP contribution in [0.4, 0.5) is 4.79 Å². The van der Waals surface area contributed by atoms with E-state index in [4.69, 9.17) is 15.2 Å². The van der Waals surface area contributed by atoms with Crippen molar-refractivity contribution in [1.82, 2.24) is 4.90 Å². The number of aliphatic hydroxyl groups is 1. The molecule has 128 valence electrons. The molecule has 0 aromatic heterocycles. The normalized spacial score (nSPS) is 26.0. The second-order valence-electron chi connectivity index (χ2n) is 7.57. The van der Waals surface area contributed by atoms with Gasteiger partial charge in [0.25, 0.3) is 0 Å². The molecule has 1 aliphatic heterocycles. The molecule has 0 aromatic rings. The quantitative estimate of drug-likeness (QED) is 0.733. The van der Waals surface area contributed by atoms with E-state index in [0.717, 1.165) is 0 Å². The summed E-state index contributed by atoms with van der Waals surface area (Å²) in [5.41, 5.74) is 4.32. The minimum Gasteiger partial charge on any atom is -0.460 e. The van der Waals surface area contributed by atoms with Crippen molar-refractivity contribution in [2.75, 3.05) is 13.1 Å². The Kier molecular flexibility index (Phi) is 5.46. The summed E-state index contributed by atoms with van der Waals surface area (Å²) in [5.74, 6) is -1.36. The summed E-state index contributed by atoms with van der Waals surface area (Å²) in [7, 11) is 0. The van der Waals surface area contributed by atoms with Crippen molar-refractivity contribution in [3.8, 4) is 0 Å². The van der Waals surface area contributed by atoms with Gasteiger partial charge in [-0.2, -0.15) is 0 Å². The molecule has 0 aromatic carbocycles. The average molecular weight is 316 g/mol. The molecule has 7 heteroatoms. The highest BCUT2D eigenvalue weighted by Crippen LogP contribution is 2.27. The molecular weight excluding hydrogens is 288 g/mol. The molecule has 7 nitrogen and oxygen atoms in total. The fraction of sp³-hybridized carbons (Fsp3) is 0.867. The summed E-state index contributed by atoms with van der Waals surface area (Å²) < 4.78 is 10.6. The third-order valence-corrected chi connectivity index (χ3v) is 3.18. The van der Waals surface area contributed by atoms with E-state index >= 15 is 0 Å². The number of esters is 1. The smallest absolute Gasteiger partial charge is 0.410 e. The minimum atomic E-state index is -1.06. The molecule has 3 atom stereocenters. The number of carbonyl (C=O) groups is 2. The van der Waals surface area contributed by atoms with Gasteiger partial charge < -0.3 is 25.2 Å². The number of rotatable bonds is 2. The van der Waals surface area contributed by atoms with Crippen LogP contribution in [-0.4, -0.2) is 58.5 Å². The number of ether oxygens (including phenoxy) is 2. The molecule has 1 saturated heterocycles. The van der Waals surface area contributed by atoms with Crippen LogP contribution in [0.5, 0.6) is 0 Å². The number of likely N-dealkylation sites (tertiary alicyclic amines) is 1. The van der Waals surface area contributed by atoms with Crippen LogP contribution in [0.1, 0.15) is 41.5 Å². The van der Waals surface area contributed by atoms with Gasteiger partial charge in [0, 0.05) is 13.1 Å². The summed E-state index contributed by atoms with van der Waals surface area (Å²) >= 11 is 0. The lowest BCUT2D eigenvalue weighted by Gasteiger charge is -2.28. The van der Waals surface area contributed by atoms with Gasteiger partial charge in [-0.1, -0.05) is 0 Å². The van der Waals surface area contributed by atoms with Crippen molar-refractivity contribution in [2.45, 2.75) is 64.9 Å². The van der Waals surface area contributed by atoms with E-state index in [0.29, 0.717) is 0 Å². The van der Waals surface area contributed by atoms with Crippen LogP contribution in [0, 0.1) is 5.92 Å². The number of amides is 1. The van der Waals surface area contributed by atoms with Crippen LogP contribution < -0.4 is 5.73 Å². The Morgan fingerprint density at radius 1 is 1.14 bits per heavy atom. The lowest BCUT2D eigenvalue weighted by molar-refractivity contribution is -0.162. The Labute approximate surface area is 131 Å². The van der Waals surface area contributed by atoms with Gasteiger partial charge in [-0.25, -0.2) is 4.79 Å². The first-order valence-corrected chi connectivity index (χ1v) is 7.46. The third-order valence-electron chi connectivity index (χ3n) is 3.18. The predicted molar refractivity (Wildman–Crippen MR) is 81.1 cm³/mol. The third kappa shape index (κ3) is 4.84. The summed E-state index contributed by atoms with van der Waals surface area (Å²) in [5, 5.41) is 10.3. The van der Waals surface area contributed by atoms with E-state index in [2.05, 4.69) is 0 Å². The van der Waals surface area contributed by atoms with Gasteiger partial charge in [0.05, 0.1) is 12.1 Å². The predicted octanol–water partition coefficient (Wildman–Crippen LogP) is 0.883. The van der Waals surface area contributed by atoms with Crippen molar-refractivity contribution in [3.63, 3.8) is 0 Å². The Hall–Kier alpha value is -1.34. The zero-order valence-corrected chi connectivity index (χ0v) is 14.3. The molecule has 0 unspecified atom stereocenters. The highest BCUT2D eigenvalue weighted by atomic mass is 16.6. The first kappa shape index (κ1) is 18.7. The summed E-state index contributed by atoms with van der Waals surface area (Å²) in [6.07, 6.45) is -1.65. The molecule has 1 amide bonds. The van der Waals surface area contributed by atoms with E-state index in [1.165, 1.54) is 4.90 Å². The molecule has 1 rings (SSSR count). The Morgan fingerprint density at radius 2 is 1.64 bits per heavy atom.